The molecule has 0 radical (unpaired) electrons. The van der Waals surface area contributed by atoms with E-state index in [1.807, 2.05) is 6.92 Å². The summed E-state index contributed by atoms with van der Waals surface area (Å²) in [4.78, 5) is 2.20. The maximum Gasteiger partial charge on any atom is 0.0679 e. The standard InChI is InChI=1S/C7H16N2O/c1-6(8)4-9-3-2-7(10)5-9/h6-7,10H,2-5,8H2,1H3/t6?,7-/m1/s1. The Morgan fingerprint density at radius 1 is 1.80 bits per heavy atom. The third-order valence-electron chi connectivity index (χ3n) is 1.79. The molecular formula is C7H16N2O. The number of hydrogen-bond acceptors (Lipinski definition) is 3. The zero-order valence-corrected chi connectivity index (χ0v) is 6.45. The molecule has 3 heteroatoms. The van der Waals surface area contributed by atoms with Gasteiger partial charge in [0.15, 0.2) is 0 Å². The Hall–Kier alpha value is -0.120. The Bertz CT molecular complexity index is 106. The van der Waals surface area contributed by atoms with Crippen LogP contribution in [0.25, 0.3) is 0 Å². The molecule has 0 saturated carbocycles. The zero-order valence-electron chi connectivity index (χ0n) is 6.45. The number of nitrogens with two attached hydrogens (primary N) is 1. The van der Waals surface area contributed by atoms with Gasteiger partial charge in [0.25, 0.3) is 0 Å². The fourth-order valence-electron chi connectivity index (χ4n) is 1.39. The highest BCUT2D eigenvalue weighted by Crippen LogP contribution is 2.07. The van der Waals surface area contributed by atoms with Gasteiger partial charge in [-0.15, -0.1) is 0 Å². The summed E-state index contributed by atoms with van der Waals surface area (Å²) in [7, 11) is 0. The van der Waals surface area contributed by atoms with Crippen LogP contribution in [0.3, 0.4) is 0 Å². The molecule has 0 aromatic rings. The maximum absolute atomic E-state index is 9.13. The Kier molecular flexibility index (Phi) is 2.65. The topological polar surface area (TPSA) is 49.5 Å². The average molecular weight is 144 g/mol. The minimum atomic E-state index is -0.112. The van der Waals surface area contributed by atoms with Crippen molar-refractivity contribution in [1.29, 1.82) is 0 Å². The summed E-state index contributed by atoms with van der Waals surface area (Å²) in [5, 5.41) is 9.13. The van der Waals surface area contributed by atoms with E-state index in [0.29, 0.717) is 0 Å². The van der Waals surface area contributed by atoms with Crippen LogP contribution in [-0.4, -0.2) is 41.8 Å². The van der Waals surface area contributed by atoms with Gasteiger partial charge in [0.05, 0.1) is 6.10 Å². The summed E-state index contributed by atoms with van der Waals surface area (Å²) in [5.74, 6) is 0. The molecule has 0 aromatic carbocycles. The lowest BCUT2D eigenvalue weighted by Crippen LogP contribution is -2.34. The molecule has 1 saturated heterocycles. The van der Waals surface area contributed by atoms with Gasteiger partial charge in [-0.1, -0.05) is 0 Å². The van der Waals surface area contributed by atoms with Crippen LogP contribution in [0.4, 0.5) is 0 Å². The first-order valence-corrected chi connectivity index (χ1v) is 3.84. The molecule has 3 N–H and O–H groups in total. The Labute approximate surface area is 61.8 Å². The van der Waals surface area contributed by atoms with E-state index in [1.54, 1.807) is 0 Å². The van der Waals surface area contributed by atoms with Crippen LogP contribution in [-0.2, 0) is 0 Å². The van der Waals surface area contributed by atoms with Crippen molar-refractivity contribution in [2.45, 2.75) is 25.5 Å². The average Bonchev–Trinajstić information content (AvgIpc) is 2.13. The molecule has 1 heterocycles. The molecule has 1 aliphatic heterocycles. The summed E-state index contributed by atoms with van der Waals surface area (Å²) in [6, 6.07) is 0.227. The van der Waals surface area contributed by atoms with Crippen molar-refractivity contribution in [3.63, 3.8) is 0 Å². The summed E-state index contributed by atoms with van der Waals surface area (Å²) in [6.07, 6.45) is 0.797. The first-order valence-electron chi connectivity index (χ1n) is 3.84. The molecule has 60 valence electrons. The number of likely N-dealkylation sites (tertiary alicyclic amines) is 1. The maximum atomic E-state index is 9.13. The molecule has 1 aliphatic rings. The minimum absolute atomic E-state index is 0.112. The van der Waals surface area contributed by atoms with Crippen molar-refractivity contribution in [2.75, 3.05) is 19.6 Å². The molecule has 0 spiro atoms. The zero-order chi connectivity index (χ0) is 7.56. The summed E-state index contributed by atoms with van der Waals surface area (Å²) < 4.78 is 0. The van der Waals surface area contributed by atoms with Crippen LogP contribution < -0.4 is 5.73 Å². The van der Waals surface area contributed by atoms with E-state index < -0.39 is 0 Å². The third-order valence-corrected chi connectivity index (χ3v) is 1.79. The van der Waals surface area contributed by atoms with Crippen LogP contribution in [0, 0.1) is 0 Å². The highest BCUT2D eigenvalue weighted by Gasteiger charge is 2.19. The molecule has 1 unspecified atom stereocenters. The fraction of sp³-hybridized carbons (Fsp3) is 1.00. The quantitative estimate of drug-likeness (QED) is 0.544. The van der Waals surface area contributed by atoms with E-state index in [9.17, 15) is 0 Å². The fourth-order valence-corrected chi connectivity index (χ4v) is 1.39. The van der Waals surface area contributed by atoms with Gasteiger partial charge in [-0.05, 0) is 13.3 Å². The van der Waals surface area contributed by atoms with E-state index in [1.165, 1.54) is 0 Å². The Balaban J connectivity index is 2.18. The number of hydrogen-bond donors (Lipinski definition) is 2. The highest BCUT2D eigenvalue weighted by atomic mass is 16.3. The van der Waals surface area contributed by atoms with Crippen molar-refractivity contribution in [3.8, 4) is 0 Å². The third kappa shape index (κ3) is 2.25. The second kappa shape index (κ2) is 3.32. The highest BCUT2D eigenvalue weighted by molar-refractivity contribution is 4.76. The minimum Gasteiger partial charge on any atom is -0.392 e. The molecule has 0 aromatic heterocycles. The van der Waals surface area contributed by atoms with Crippen molar-refractivity contribution in [3.05, 3.63) is 0 Å². The molecule has 2 atom stereocenters. The van der Waals surface area contributed by atoms with Crippen LogP contribution in [0.2, 0.25) is 0 Å². The molecule has 0 aliphatic carbocycles. The first kappa shape index (κ1) is 7.98. The molecule has 0 bridgehead atoms. The van der Waals surface area contributed by atoms with E-state index in [0.717, 1.165) is 26.1 Å². The van der Waals surface area contributed by atoms with Crippen LogP contribution >= 0.6 is 0 Å². The smallest absolute Gasteiger partial charge is 0.0679 e. The molecular weight excluding hydrogens is 128 g/mol. The van der Waals surface area contributed by atoms with Gasteiger partial charge in [-0.3, -0.25) is 4.90 Å². The molecule has 0 amide bonds. The first-order chi connectivity index (χ1) is 4.68. The second-order valence-corrected chi connectivity index (χ2v) is 3.18. The van der Waals surface area contributed by atoms with Crippen molar-refractivity contribution < 1.29 is 5.11 Å². The van der Waals surface area contributed by atoms with Crippen molar-refractivity contribution in [2.24, 2.45) is 5.73 Å². The van der Waals surface area contributed by atoms with Gasteiger partial charge in [-0.2, -0.15) is 0 Å². The number of aliphatic hydroxyl groups excluding tert-OH is 1. The lowest BCUT2D eigenvalue weighted by atomic mass is 10.3. The summed E-state index contributed by atoms with van der Waals surface area (Å²) in [6.45, 7) is 4.71. The lowest BCUT2D eigenvalue weighted by Gasteiger charge is -2.16. The monoisotopic (exact) mass is 144 g/mol. The normalized spacial score (nSPS) is 30.9. The van der Waals surface area contributed by atoms with Gasteiger partial charge < -0.3 is 10.8 Å². The van der Waals surface area contributed by atoms with Gasteiger partial charge in [-0.25, -0.2) is 0 Å². The number of nitrogens with zero attached hydrogens (tertiary/aromatic N) is 1. The SMILES string of the molecule is CC(N)CN1CC[C@@H](O)C1. The van der Waals surface area contributed by atoms with Crippen LogP contribution in [0.5, 0.6) is 0 Å². The summed E-state index contributed by atoms with van der Waals surface area (Å²) in [5.41, 5.74) is 5.59. The van der Waals surface area contributed by atoms with Gasteiger partial charge in [0, 0.05) is 25.7 Å². The predicted octanol–water partition coefficient (Wildman–Crippen LogP) is -0.600. The van der Waals surface area contributed by atoms with Crippen LogP contribution in [0.1, 0.15) is 13.3 Å². The molecule has 10 heavy (non-hydrogen) atoms. The second-order valence-electron chi connectivity index (χ2n) is 3.18. The number of β-amino-alcohol motifs (C(OH)–C–C–N with tert-alkyl or cyclic N) is 1. The van der Waals surface area contributed by atoms with Crippen LogP contribution in [0.15, 0.2) is 0 Å². The Morgan fingerprint density at radius 2 is 2.50 bits per heavy atom. The van der Waals surface area contributed by atoms with E-state index in [-0.39, 0.29) is 12.1 Å². The van der Waals surface area contributed by atoms with E-state index in [4.69, 9.17) is 10.8 Å². The predicted molar refractivity (Wildman–Crippen MR) is 40.7 cm³/mol. The van der Waals surface area contributed by atoms with Gasteiger partial charge in [0.2, 0.25) is 0 Å². The number of aliphatic hydroxyl groups is 1. The molecule has 1 rings (SSSR count). The lowest BCUT2D eigenvalue weighted by molar-refractivity contribution is 0.175. The summed E-state index contributed by atoms with van der Waals surface area (Å²) >= 11 is 0. The molecule has 3 nitrogen and oxygen atoms in total. The molecule has 1 fully saturated rings. The van der Waals surface area contributed by atoms with Crippen molar-refractivity contribution in [1.82, 2.24) is 4.90 Å². The van der Waals surface area contributed by atoms with Crippen molar-refractivity contribution >= 4 is 0 Å². The number of rotatable bonds is 2. The van der Waals surface area contributed by atoms with Gasteiger partial charge in [0.1, 0.15) is 0 Å². The van der Waals surface area contributed by atoms with E-state index >= 15 is 0 Å². The van der Waals surface area contributed by atoms with E-state index in [2.05, 4.69) is 4.90 Å². The largest absolute Gasteiger partial charge is 0.392 e. The Morgan fingerprint density at radius 3 is 2.90 bits per heavy atom. The van der Waals surface area contributed by atoms with Gasteiger partial charge >= 0.3 is 0 Å².